The maximum absolute atomic E-state index is 5.66. The van der Waals surface area contributed by atoms with Gasteiger partial charge in [-0.25, -0.2) is 0 Å². The molecule has 1 spiro atoms. The van der Waals surface area contributed by atoms with Gasteiger partial charge >= 0.3 is 0 Å². The Labute approximate surface area is 93.8 Å². The zero-order valence-electron chi connectivity index (χ0n) is 9.09. The van der Waals surface area contributed by atoms with Crippen molar-refractivity contribution in [2.75, 3.05) is 30.3 Å². The topological polar surface area (TPSA) is 77.2 Å². The minimum atomic E-state index is 0.157. The second-order valence-corrected chi connectivity index (χ2v) is 4.45. The summed E-state index contributed by atoms with van der Waals surface area (Å²) in [5.41, 5.74) is 5.75. The molecular formula is C10H15N5O. The van der Waals surface area contributed by atoms with Crippen LogP contribution in [0.15, 0.2) is 6.20 Å². The predicted octanol–water partition coefficient (Wildman–Crippen LogP) is 0.213. The van der Waals surface area contributed by atoms with E-state index in [1.807, 2.05) is 0 Å². The summed E-state index contributed by atoms with van der Waals surface area (Å²) in [6.07, 6.45) is 4.75. The van der Waals surface area contributed by atoms with E-state index < -0.39 is 0 Å². The van der Waals surface area contributed by atoms with Crippen LogP contribution in [0.5, 0.6) is 0 Å². The first-order chi connectivity index (χ1) is 7.77. The Bertz CT molecular complexity index is 383. The minimum Gasteiger partial charge on any atom is -0.382 e. The average Bonchev–Trinajstić information content (AvgIpc) is 2.27. The fourth-order valence-electron chi connectivity index (χ4n) is 2.34. The van der Waals surface area contributed by atoms with Crippen molar-refractivity contribution in [3.8, 4) is 0 Å². The third-order valence-corrected chi connectivity index (χ3v) is 3.49. The molecule has 0 bridgehead atoms. The van der Waals surface area contributed by atoms with E-state index in [1.54, 1.807) is 0 Å². The summed E-state index contributed by atoms with van der Waals surface area (Å²) >= 11 is 0. The highest BCUT2D eigenvalue weighted by Crippen LogP contribution is 2.37. The number of anilines is 2. The van der Waals surface area contributed by atoms with Crippen molar-refractivity contribution in [3.05, 3.63) is 6.20 Å². The first kappa shape index (κ1) is 9.77. The van der Waals surface area contributed by atoms with Crippen molar-refractivity contribution in [2.24, 2.45) is 0 Å². The number of aromatic nitrogens is 3. The largest absolute Gasteiger partial charge is 0.382 e. The molecule has 0 saturated carbocycles. The number of nitrogens with zero attached hydrogens (tertiary/aromatic N) is 4. The molecule has 0 aliphatic carbocycles. The van der Waals surface area contributed by atoms with Gasteiger partial charge in [0.1, 0.15) is 5.82 Å². The molecular weight excluding hydrogens is 206 g/mol. The van der Waals surface area contributed by atoms with Gasteiger partial charge in [-0.2, -0.15) is 10.1 Å². The number of hydrogen-bond donors (Lipinski definition) is 1. The summed E-state index contributed by atoms with van der Waals surface area (Å²) in [5, 5.41) is 7.82. The summed E-state index contributed by atoms with van der Waals surface area (Å²) in [4.78, 5) is 6.30. The summed E-state index contributed by atoms with van der Waals surface area (Å²) in [6.45, 7) is 2.76. The van der Waals surface area contributed by atoms with Crippen molar-refractivity contribution in [2.45, 2.75) is 24.9 Å². The molecule has 0 atom stereocenters. The van der Waals surface area contributed by atoms with Crippen LogP contribution in [0.2, 0.25) is 0 Å². The van der Waals surface area contributed by atoms with E-state index in [0.29, 0.717) is 11.8 Å². The molecule has 0 unspecified atom stereocenters. The predicted molar refractivity (Wildman–Crippen MR) is 59.0 cm³/mol. The van der Waals surface area contributed by atoms with Crippen LogP contribution >= 0.6 is 0 Å². The first-order valence-electron chi connectivity index (χ1n) is 5.62. The fourth-order valence-corrected chi connectivity index (χ4v) is 2.34. The van der Waals surface area contributed by atoms with Gasteiger partial charge in [-0.3, -0.25) is 0 Å². The van der Waals surface area contributed by atoms with Crippen LogP contribution in [0, 0.1) is 0 Å². The van der Waals surface area contributed by atoms with Crippen LogP contribution < -0.4 is 10.6 Å². The van der Waals surface area contributed by atoms with Gasteiger partial charge in [-0.15, -0.1) is 5.10 Å². The smallest absolute Gasteiger partial charge is 0.247 e. The summed E-state index contributed by atoms with van der Waals surface area (Å²) in [6, 6.07) is 0. The number of rotatable bonds is 1. The van der Waals surface area contributed by atoms with Gasteiger partial charge in [0.25, 0.3) is 0 Å². The van der Waals surface area contributed by atoms with Gasteiger partial charge in [0.05, 0.1) is 18.4 Å². The van der Waals surface area contributed by atoms with Crippen molar-refractivity contribution >= 4 is 11.8 Å². The van der Waals surface area contributed by atoms with E-state index in [4.69, 9.17) is 10.5 Å². The van der Waals surface area contributed by atoms with Crippen molar-refractivity contribution in [1.82, 2.24) is 15.2 Å². The van der Waals surface area contributed by atoms with Gasteiger partial charge in [-0.1, -0.05) is 0 Å². The molecule has 2 aliphatic rings. The molecule has 3 heterocycles. The highest BCUT2D eigenvalue weighted by Gasteiger charge is 2.41. The van der Waals surface area contributed by atoms with E-state index in [9.17, 15) is 0 Å². The molecule has 0 radical (unpaired) electrons. The summed E-state index contributed by atoms with van der Waals surface area (Å²) in [7, 11) is 0. The Balaban J connectivity index is 1.69. The van der Waals surface area contributed by atoms with E-state index in [2.05, 4.69) is 20.1 Å². The molecule has 2 aliphatic heterocycles. The maximum Gasteiger partial charge on any atom is 0.247 e. The van der Waals surface area contributed by atoms with Gasteiger partial charge in [0.15, 0.2) is 0 Å². The quantitative estimate of drug-likeness (QED) is 0.730. The Morgan fingerprint density at radius 2 is 2.06 bits per heavy atom. The zero-order valence-corrected chi connectivity index (χ0v) is 9.09. The lowest BCUT2D eigenvalue weighted by atomic mass is 9.84. The lowest BCUT2D eigenvalue weighted by Crippen LogP contribution is -2.52. The van der Waals surface area contributed by atoms with E-state index in [-0.39, 0.29) is 5.60 Å². The van der Waals surface area contributed by atoms with Gasteiger partial charge < -0.3 is 15.4 Å². The number of hydrogen-bond acceptors (Lipinski definition) is 6. The molecule has 2 fully saturated rings. The van der Waals surface area contributed by atoms with Crippen LogP contribution in [-0.4, -0.2) is 40.5 Å². The van der Waals surface area contributed by atoms with E-state index in [0.717, 1.165) is 32.5 Å². The van der Waals surface area contributed by atoms with E-state index in [1.165, 1.54) is 12.6 Å². The van der Waals surface area contributed by atoms with Crippen LogP contribution in [-0.2, 0) is 4.74 Å². The van der Waals surface area contributed by atoms with E-state index >= 15 is 0 Å². The summed E-state index contributed by atoms with van der Waals surface area (Å²) in [5.74, 6) is 1.05. The van der Waals surface area contributed by atoms with Crippen molar-refractivity contribution in [1.29, 1.82) is 0 Å². The lowest BCUT2D eigenvalue weighted by Gasteiger charge is -2.47. The van der Waals surface area contributed by atoms with Crippen molar-refractivity contribution < 1.29 is 4.74 Å². The van der Waals surface area contributed by atoms with Crippen LogP contribution in [0.3, 0.4) is 0 Å². The standard InChI is InChI=1S/C10H15N5O/c11-8-7-12-14-9(13-8)15-4-1-10(2-5-15)3-6-16-10/h7H,1-6H2,(H2,11,13,14). The SMILES string of the molecule is Nc1cnnc(N2CCC3(CCO3)CC2)n1. The number of ether oxygens (including phenoxy) is 1. The molecule has 0 amide bonds. The Kier molecular flexibility index (Phi) is 2.17. The molecule has 6 heteroatoms. The van der Waals surface area contributed by atoms with Crippen molar-refractivity contribution in [3.63, 3.8) is 0 Å². The molecule has 2 N–H and O–H groups in total. The Hall–Kier alpha value is -1.43. The third-order valence-electron chi connectivity index (χ3n) is 3.49. The second-order valence-electron chi connectivity index (χ2n) is 4.45. The highest BCUT2D eigenvalue weighted by atomic mass is 16.5. The molecule has 0 aromatic carbocycles. The lowest BCUT2D eigenvalue weighted by molar-refractivity contribution is -0.158. The maximum atomic E-state index is 5.66. The normalized spacial score (nSPS) is 23.1. The van der Waals surface area contributed by atoms with Gasteiger partial charge in [-0.05, 0) is 19.3 Å². The average molecular weight is 221 g/mol. The number of piperidine rings is 1. The van der Waals surface area contributed by atoms with Crippen LogP contribution in [0.25, 0.3) is 0 Å². The Morgan fingerprint density at radius 1 is 1.31 bits per heavy atom. The number of nitrogen functional groups attached to an aromatic ring is 1. The molecule has 6 nitrogen and oxygen atoms in total. The summed E-state index contributed by atoms with van der Waals surface area (Å²) < 4.78 is 5.66. The Morgan fingerprint density at radius 3 is 2.62 bits per heavy atom. The zero-order chi connectivity index (χ0) is 11.0. The molecule has 2 saturated heterocycles. The molecule has 1 aromatic heterocycles. The highest BCUT2D eigenvalue weighted by molar-refractivity contribution is 5.36. The minimum absolute atomic E-state index is 0.157. The molecule has 16 heavy (non-hydrogen) atoms. The third kappa shape index (κ3) is 1.59. The molecule has 3 rings (SSSR count). The van der Waals surface area contributed by atoms with Gasteiger partial charge in [0, 0.05) is 13.1 Å². The van der Waals surface area contributed by atoms with Crippen LogP contribution in [0.4, 0.5) is 11.8 Å². The van der Waals surface area contributed by atoms with Crippen LogP contribution in [0.1, 0.15) is 19.3 Å². The molecule has 86 valence electrons. The second kappa shape index (κ2) is 3.55. The fraction of sp³-hybridized carbons (Fsp3) is 0.700. The number of nitrogens with two attached hydrogens (primary N) is 1. The monoisotopic (exact) mass is 221 g/mol. The van der Waals surface area contributed by atoms with Gasteiger partial charge in [0.2, 0.25) is 5.95 Å². The molecule has 1 aromatic rings. The first-order valence-corrected chi connectivity index (χ1v) is 5.62.